The molecule has 2 aromatic carbocycles. The Hall–Kier alpha value is -1.92. The minimum atomic E-state index is -0.260. The fourth-order valence-electron chi connectivity index (χ4n) is 2.88. The van der Waals surface area contributed by atoms with Crippen molar-refractivity contribution in [2.75, 3.05) is 24.7 Å². The number of benzene rings is 2. The Morgan fingerprint density at radius 1 is 0.815 bits per heavy atom. The van der Waals surface area contributed by atoms with Crippen molar-refractivity contribution in [3.8, 4) is 0 Å². The molecule has 0 atom stereocenters. The molecule has 1 aliphatic heterocycles. The average molecular weight is 399 g/mol. The molecule has 0 radical (unpaired) electrons. The van der Waals surface area contributed by atoms with Crippen molar-refractivity contribution in [2.45, 2.75) is 30.9 Å². The summed E-state index contributed by atoms with van der Waals surface area (Å²) in [6.45, 7) is 4.27. The Morgan fingerprint density at radius 3 is 1.89 bits per heavy atom. The van der Waals surface area contributed by atoms with Crippen molar-refractivity contribution in [1.82, 2.24) is 0 Å². The van der Waals surface area contributed by atoms with Crippen LogP contribution in [0.3, 0.4) is 0 Å². The smallest absolute Gasteiger partial charge is 0.185 e. The van der Waals surface area contributed by atoms with Crippen molar-refractivity contribution in [1.29, 1.82) is 0 Å². The zero-order valence-corrected chi connectivity index (χ0v) is 17.9. The molecule has 0 spiro atoms. The first-order valence-corrected chi connectivity index (χ1v) is 11.0. The minimum Gasteiger partial charge on any atom is -0.388 e. The van der Waals surface area contributed by atoms with Crippen molar-refractivity contribution in [3.63, 3.8) is 0 Å². The third-order valence-corrected chi connectivity index (χ3v) is 6.61. The van der Waals surface area contributed by atoms with E-state index in [1.165, 1.54) is 16.8 Å². The highest BCUT2D eigenvalue weighted by atomic mass is 32.2. The highest BCUT2D eigenvalue weighted by Crippen LogP contribution is 2.33. The molecule has 3 rings (SSSR count). The van der Waals surface area contributed by atoms with Gasteiger partial charge in [0.05, 0.1) is 0 Å². The van der Waals surface area contributed by atoms with E-state index in [-0.39, 0.29) is 5.54 Å². The van der Waals surface area contributed by atoms with E-state index >= 15 is 0 Å². The molecule has 4 nitrogen and oxygen atoms in total. The summed E-state index contributed by atoms with van der Waals surface area (Å²) in [6.07, 6.45) is 0. The molecule has 2 N–H and O–H groups in total. The van der Waals surface area contributed by atoms with E-state index in [0.717, 1.165) is 27.4 Å². The maximum Gasteiger partial charge on any atom is 0.185 e. The number of para-hydroxylation sites is 2. The van der Waals surface area contributed by atoms with Gasteiger partial charge in [0.2, 0.25) is 0 Å². The number of hydrogen-bond acceptors (Lipinski definition) is 6. The van der Waals surface area contributed by atoms with E-state index in [0.29, 0.717) is 0 Å². The van der Waals surface area contributed by atoms with Gasteiger partial charge in [-0.1, -0.05) is 48.2 Å². The van der Waals surface area contributed by atoms with Crippen LogP contribution in [0.15, 0.2) is 58.5 Å². The quantitative estimate of drug-likeness (QED) is 0.676. The number of rotatable bonds is 6. The average Bonchev–Trinajstić information content (AvgIpc) is 2.98. The largest absolute Gasteiger partial charge is 0.388 e. The zero-order chi connectivity index (χ0) is 19.3. The molecular weight excluding hydrogens is 372 g/mol. The first-order chi connectivity index (χ1) is 13.0. The lowest BCUT2D eigenvalue weighted by Crippen LogP contribution is -2.23. The molecule has 0 unspecified atom stereocenters. The van der Waals surface area contributed by atoms with Gasteiger partial charge < -0.3 is 10.6 Å². The Balaban J connectivity index is 1.65. The second kappa shape index (κ2) is 8.85. The van der Waals surface area contributed by atoms with Crippen LogP contribution in [-0.4, -0.2) is 29.8 Å². The molecule has 0 saturated carbocycles. The van der Waals surface area contributed by atoms with Crippen molar-refractivity contribution in [2.24, 2.45) is 9.98 Å². The van der Waals surface area contributed by atoms with Gasteiger partial charge in [0.15, 0.2) is 5.17 Å². The minimum absolute atomic E-state index is 0.260. The van der Waals surface area contributed by atoms with Crippen LogP contribution < -0.4 is 10.6 Å². The summed E-state index contributed by atoms with van der Waals surface area (Å²) in [5.74, 6) is 1.74. The second-order valence-electron chi connectivity index (χ2n) is 6.76. The molecule has 0 saturated heterocycles. The maximum atomic E-state index is 4.85. The summed E-state index contributed by atoms with van der Waals surface area (Å²) in [5.41, 5.74) is 4.62. The highest BCUT2D eigenvalue weighted by molar-refractivity contribution is 8.15. The third-order valence-electron chi connectivity index (χ3n) is 4.39. The van der Waals surface area contributed by atoms with Crippen LogP contribution in [0.1, 0.15) is 25.0 Å². The van der Waals surface area contributed by atoms with Crippen molar-refractivity contribution < 1.29 is 0 Å². The molecule has 6 heteroatoms. The van der Waals surface area contributed by atoms with E-state index < -0.39 is 0 Å². The molecule has 2 aromatic rings. The van der Waals surface area contributed by atoms with E-state index in [9.17, 15) is 0 Å². The maximum absolute atomic E-state index is 4.85. The van der Waals surface area contributed by atoms with E-state index in [4.69, 9.17) is 9.98 Å². The Labute approximate surface area is 170 Å². The second-order valence-corrected chi connectivity index (χ2v) is 8.67. The van der Waals surface area contributed by atoms with Gasteiger partial charge in [-0.25, -0.2) is 9.98 Å². The summed E-state index contributed by atoms with van der Waals surface area (Å²) in [7, 11) is 3.91. The summed E-state index contributed by atoms with van der Waals surface area (Å²) >= 11 is 3.48. The van der Waals surface area contributed by atoms with Crippen molar-refractivity contribution in [3.05, 3.63) is 59.7 Å². The van der Waals surface area contributed by atoms with Gasteiger partial charge in [-0.2, -0.15) is 0 Å². The Morgan fingerprint density at radius 2 is 1.33 bits per heavy atom. The molecule has 142 valence electrons. The summed E-state index contributed by atoms with van der Waals surface area (Å²) in [6, 6.07) is 16.8. The van der Waals surface area contributed by atoms with Gasteiger partial charge in [0.1, 0.15) is 10.6 Å². The third kappa shape index (κ3) is 4.87. The number of aliphatic imine (C=N–C) groups is 2. The first kappa shape index (κ1) is 19.8. The van der Waals surface area contributed by atoms with Crippen LogP contribution in [-0.2, 0) is 11.5 Å². The molecule has 1 heterocycles. The van der Waals surface area contributed by atoms with Crippen LogP contribution in [0, 0.1) is 0 Å². The van der Waals surface area contributed by atoms with Crippen LogP contribution in [0.5, 0.6) is 0 Å². The number of nitrogens with one attached hydrogen (secondary N) is 2. The molecule has 0 fully saturated rings. The summed E-state index contributed by atoms with van der Waals surface area (Å²) in [5, 5.41) is 8.46. The zero-order valence-electron chi connectivity index (χ0n) is 16.2. The fraction of sp³-hybridized carbons (Fsp3) is 0.333. The molecule has 0 bridgehead atoms. The SMILES string of the molecule is CNc1ccccc1CSC1=NC(C)(C)C(SCc2ccccc2NC)=N1. The van der Waals surface area contributed by atoms with Gasteiger partial charge in [0.25, 0.3) is 0 Å². The predicted octanol–water partition coefficient (Wildman–Crippen LogP) is 5.48. The number of thioether (sulfide) groups is 2. The molecule has 1 aliphatic rings. The monoisotopic (exact) mass is 398 g/mol. The standard InChI is InChI=1S/C21H26N4S2/c1-21(2)19(26-13-15-9-5-7-11-17(15)22-3)24-20(25-21)27-14-16-10-6-8-12-18(16)23-4/h5-12,22-23H,13-14H2,1-4H3. The van der Waals surface area contributed by atoms with Gasteiger partial charge in [-0.3, -0.25) is 0 Å². The summed E-state index contributed by atoms with van der Waals surface area (Å²) < 4.78 is 0. The number of nitrogens with zero attached hydrogens (tertiary/aromatic N) is 2. The number of anilines is 2. The molecule has 0 aliphatic carbocycles. The van der Waals surface area contributed by atoms with Crippen LogP contribution >= 0.6 is 23.5 Å². The fourth-order valence-corrected chi connectivity index (χ4v) is 5.01. The normalized spacial score (nSPS) is 15.3. The van der Waals surface area contributed by atoms with Crippen molar-refractivity contribution >= 4 is 45.1 Å². The molecule has 0 aromatic heterocycles. The predicted molar refractivity (Wildman–Crippen MR) is 124 cm³/mol. The molecule has 0 amide bonds. The van der Waals surface area contributed by atoms with Crippen LogP contribution in [0.2, 0.25) is 0 Å². The lowest BCUT2D eigenvalue weighted by Gasteiger charge is -2.17. The van der Waals surface area contributed by atoms with Gasteiger partial charge >= 0.3 is 0 Å². The highest BCUT2D eigenvalue weighted by Gasteiger charge is 2.31. The Kier molecular flexibility index (Phi) is 6.50. The van der Waals surface area contributed by atoms with Gasteiger partial charge in [-0.05, 0) is 37.1 Å². The summed E-state index contributed by atoms with van der Waals surface area (Å²) in [4.78, 5) is 9.68. The van der Waals surface area contributed by atoms with E-state index in [2.05, 4.69) is 66.9 Å². The number of hydrogen-bond donors (Lipinski definition) is 2. The Bertz CT molecular complexity index is 859. The lowest BCUT2D eigenvalue weighted by atomic mass is 10.1. The molecule has 27 heavy (non-hydrogen) atoms. The van der Waals surface area contributed by atoms with Gasteiger partial charge in [0, 0.05) is 37.0 Å². The van der Waals surface area contributed by atoms with E-state index in [1.807, 2.05) is 20.2 Å². The van der Waals surface area contributed by atoms with Crippen LogP contribution in [0.4, 0.5) is 11.4 Å². The van der Waals surface area contributed by atoms with E-state index in [1.54, 1.807) is 23.5 Å². The lowest BCUT2D eigenvalue weighted by molar-refractivity contribution is 0.728. The number of amidine groups is 1. The van der Waals surface area contributed by atoms with Gasteiger partial charge in [-0.15, -0.1) is 11.8 Å². The van der Waals surface area contributed by atoms with Crippen LogP contribution in [0.25, 0.3) is 0 Å². The molecular formula is C21H26N4S2. The first-order valence-electron chi connectivity index (χ1n) is 8.99. The topological polar surface area (TPSA) is 48.8 Å².